The van der Waals surface area contributed by atoms with Crippen LogP contribution in [0.3, 0.4) is 0 Å². The molecule has 0 unspecified atom stereocenters. The van der Waals surface area contributed by atoms with Crippen LogP contribution in [-0.4, -0.2) is 19.3 Å². The summed E-state index contributed by atoms with van der Waals surface area (Å²) in [7, 11) is 1.39. The van der Waals surface area contributed by atoms with Crippen LogP contribution in [0.1, 0.15) is 17.0 Å². The van der Waals surface area contributed by atoms with Gasteiger partial charge in [-0.05, 0) is 30.7 Å². The Balaban J connectivity index is 1.73. The van der Waals surface area contributed by atoms with Crippen LogP contribution in [0.25, 0.3) is 11.1 Å². The fourth-order valence-corrected chi connectivity index (χ4v) is 3.32. The van der Waals surface area contributed by atoms with Crippen LogP contribution in [0, 0.1) is 12.7 Å². The lowest BCUT2D eigenvalue weighted by atomic mass is 10.0. The van der Waals surface area contributed by atoms with Crippen molar-refractivity contribution in [3.05, 3.63) is 98.3 Å². The molecule has 0 saturated heterocycles. The first-order valence-electron chi connectivity index (χ1n) is 10.00. The molecule has 4 aromatic rings. The van der Waals surface area contributed by atoms with Gasteiger partial charge in [0.15, 0.2) is 5.82 Å². The second-order valence-corrected chi connectivity index (χ2v) is 7.60. The second-order valence-electron chi connectivity index (χ2n) is 7.60. The topological polar surface area (TPSA) is 81.9 Å². The number of benzene rings is 2. The number of ether oxygens (including phenoxy) is 1. The summed E-state index contributed by atoms with van der Waals surface area (Å²) >= 11 is 0. The number of aromatic nitrogens is 4. The quantitative estimate of drug-likeness (QED) is 0.439. The highest BCUT2D eigenvalue weighted by atomic mass is 19.4. The molecule has 0 spiro atoms. The van der Waals surface area contributed by atoms with Gasteiger partial charge >= 0.3 is 11.9 Å². The molecule has 11 heteroatoms. The minimum Gasteiger partial charge on any atom is -0.451 e. The molecule has 7 nitrogen and oxygen atoms in total. The van der Waals surface area contributed by atoms with Crippen molar-refractivity contribution < 1.29 is 22.3 Å². The first-order valence-corrected chi connectivity index (χ1v) is 10.00. The van der Waals surface area contributed by atoms with Crippen molar-refractivity contribution in [2.24, 2.45) is 7.05 Å². The molecule has 0 aliphatic heterocycles. The van der Waals surface area contributed by atoms with Crippen molar-refractivity contribution in [1.29, 1.82) is 0 Å². The number of nitrogens with one attached hydrogen (secondary N) is 1. The Morgan fingerprint density at radius 1 is 1.06 bits per heavy atom. The number of aromatic amines is 1. The Morgan fingerprint density at radius 3 is 2.35 bits per heavy atom. The number of pyridine rings is 1. The Morgan fingerprint density at radius 2 is 1.76 bits per heavy atom. The van der Waals surface area contributed by atoms with Gasteiger partial charge in [-0.2, -0.15) is 18.3 Å². The first-order chi connectivity index (χ1) is 16.0. The molecule has 0 amide bonds. The molecule has 2 aromatic heterocycles. The number of H-pyrrole nitrogens is 1. The summed E-state index contributed by atoms with van der Waals surface area (Å²) in [6, 6.07) is 11.3. The van der Waals surface area contributed by atoms with E-state index in [1.54, 1.807) is 24.3 Å². The van der Waals surface area contributed by atoms with Crippen LogP contribution in [0.2, 0.25) is 0 Å². The van der Waals surface area contributed by atoms with Crippen molar-refractivity contribution in [3.8, 4) is 22.6 Å². The first kappa shape index (κ1) is 23.0. The molecule has 34 heavy (non-hydrogen) atoms. The van der Waals surface area contributed by atoms with Gasteiger partial charge in [0, 0.05) is 24.9 Å². The number of halogens is 4. The highest BCUT2D eigenvalue weighted by Gasteiger charge is 2.36. The molecular weight excluding hydrogens is 456 g/mol. The normalized spacial score (nSPS) is 11.6. The number of nitrogens with zero attached hydrogens (tertiary/aromatic N) is 3. The molecule has 0 aliphatic carbocycles. The van der Waals surface area contributed by atoms with Crippen molar-refractivity contribution in [2.75, 3.05) is 0 Å². The van der Waals surface area contributed by atoms with E-state index in [-0.39, 0.29) is 23.7 Å². The van der Waals surface area contributed by atoms with Gasteiger partial charge in [-0.25, -0.2) is 14.3 Å². The highest BCUT2D eigenvalue weighted by molar-refractivity contribution is 5.65. The lowest BCUT2D eigenvalue weighted by molar-refractivity contribution is -0.138. The third-order valence-corrected chi connectivity index (χ3v) is 5.23. The standard InChI is InChI=1S/C23H18F4N4O3/c1-13-3-5-14(6-4-13)16-8-7-15(11-18(16)24)34-20-17(23(25,26)27)9-10-31(21(20)32)12-19-28-29-22(33)30(19)2/h3-11H,12H2,1-2H3,(H,29,33). The van der Waals surface area contributed by atoms with E-state index in [2.05, 4.69) is 10.2 Å². The van der Waals surface area contributed by atoms with Crippen LogP contribution >= 0.6 is 0 Å². The van der Waals surface area contributed by atoms with Gasteiger partial charge in [-0.3, -0.25) is 9.36 Å². The van der Waals surface area contributed by atoms with Gasteiger partial charge in [0.05, 0.1) is 6.54 Å². The summed E-state index contributed by atoms with van der Waals surface area (Å²) in [6.07, 6.45) is -3.97. The molecule has 0 saturated carbocycles. The van der Waals surface area contributed by atoms with E-state index in [4.69, 9.17) is 4.74 Å². The summed E-state index contributed by atoms with van der Waals surface area (Å²) in [6.45, 7) is 1.59. The molecule has 2 aromatic carbocycles. The Kier molecular flexibility index (Phi) is 5.86. The highest BCUT2D eigenvalue weighted by Crippen LogP contribution is 2.37. The van der Waals surface area contributed by atoms with Crippen molar-refractivity contribution >= 4 is 0 Å². The maximum absolute atomic E-state index is 14.8. The van der Waals surface area contributed by atoms with Crippen LogP contribution in [0.15, 0.2) is 64.3 Å². The SMILES string of the molecule is Cc1ccc(-c2ccc(Oc3c(C(F)(F)F)ccn(Cc4n[nH]c(=O)n4C)c3=O)cc2F)cc1. The number of hydrogen-bond acceptors (Lipinski definition) is 4. The van der Waals surface area contributed by atoms with Crippen molar-refractivity contribution in [2.45, 2.75) is 19.6 Å². The fraction of sp³-hybridized carbons (Fsp3) is 0.174. The molecule has 176 valence electrons. The Labute approximate surface area is 189 Å². The lowest BCUT2D eigenvalue weighted by Crippen LogP contribution is -2.26. The van der Waals surface area contributed by atoms with E-state index >= 15 is 0 Å². The monoisotopic (exact) mass is 474 g/mol. The second kappa shape index (κ2) is 8.65. The lowest BCUT2D eigenvalue weighted by Gasteiger charge is -2.16. The maximum atomic E-state index is 14.8. The Bertz CT molecular complexity index is 1470. The number of alkyl halides is 3. The zero-order valence-corrected chi connectivity index (χ0v) is 18.0. The van der Waals surface area contributed by atoms with Crippen molar-refractivity contribution in [3.63, 3.8) is 0 Å². The van der Waals surface area contributed by atoms with Crippen LogP contribution in [-0.2, 0) is 19.8 Å². The van der Waals surface area contributed by atoms with Gasteiger partial charge in [0.25, 0.3) is 5.56 Å². The molecule has 1 N–H and O–H groups in total. The fourth-order valence-electron chi connectivity index (χ4n) is 3.32. The zero-order valence-electron chi connectivity index (χ0n) is 18.0. The largest absolute Gasteiger partial charge is 0.451 e. The predicted molar refractivity (Wildman–Crippen MR) is 115 cm³/mol. The average Bonchev–Trinajstić information content (AvgIpc) is 3.09. The van der Waals surface area contributed by atoms with Gasteiger partial charge < -0.3 is 9.30 Å². The molecule has 4 rings (SSSR count). The summed E-state index contributed by atoms with van der Waals surface area (Å²) in [5, 5.41) is 5.93. The number of rotatable bonds is 5. The minimum absolute atomic E-state index is 0.117. The van der Waals surface area contributed by atoms with Gasteiger partial charge in [0.2, 0.25) is 5.75 Å². The van der Waals surface area contributed by atoms with E-state index < -0.39 is 34.6 Å². The molecule has 0 bridgehead atoms. The number of aryl methyl sites for hydroxylation is 1. The van der Waals surface area contributed by atoms with E-state index in [9.17, 15) is 27.2 Å². The van der Waals surface area contributed by atoms with E-state index in [0.717, 1.165) is 27.0 Å². The smallest absolute Gasteiger partial charge is 0.420 e. The van der Waals surface area contributed by atoms with Gasteiger partial charge in [-0.15, -0.1) is 0 Å². The van der Waals surface area contributed by atoms with Crippen LogP contribution in [0.5, 0.6) is 11.5 Å². The van der Waals surface area contributed by atoms with Crippen molar-refractivity contribution in [1.82, 2.24) is 19.3 Å². The summed E-state index contributed by atoms with van der Waals surface area (Å²) in [4.78, 5) is 24.4. The van der Waals surface area contributed by atoms with E-state index in [0.29, 0.717) is 11.6 Å². The molecular formula is C23H18F4N4O3. The maximum Gasteiger partial charge on any atom is 0.420 e. The molecule has 0 atom stereocenters. The zero-order chi connectivity index (χ0) is 24.6. The van der Waals surface area contributed by atoms with Gasteiger partial charge in [0.1, 0.15) is 17.1 Å². The summed E-state index contributed by atoms with van der Waals surface area (Å²) in [5.41, 5.74) is -1.18. The molecule has 0 fully saturated rings. The Hall–Kier alpha value is -4.15. The van der Waals surface area contributed by atoms with E-state index in [1.807, 2.05) is 6.92 Å². The summed E-state index contributed by atoms with van der Waals surface area (Å²) < 4.78 is 62.8. The molecule has 2 heterocycles. The van der Waals surface area contributed by atoms with Crippen LogP contribution < -0.4 is 16.0 Å². The third-order valence-electron chi connectivity index (χ3n) is 5.23. The predicted octanol–water partition coefficient (Wildman–Crippen LogP) is 4.24. The molecule has 0 radical (unpaired) electrons. The minimum atomic E-state index is -4.90. The van der Waals surface area contributed by atoms with Gasteiger partial charge in [-0.1, -0.05) is 29.8 Å². The number of hydrogen-bond donors (Lipinski definition) is 1. The average molecular weight is 474 g/mol. The molecule has 0 aliphatic rings. The van der Waals surface area contributed by atoms with Crippen LogP contribution in [0.4, 0.5) is 17.6 Å². The third kappa shape index (κ3) is 4.49. The summed E-state index contributed by atoms with van der Waals surface area (Å²) in [5.74, 6) is -1.90. The van der Waals surface area contributed by atoms with E-state index in [1.165, 1.54) is 19.2 Å².